The second kappa shape index (κ2) is 7.02. The molecular weight excluding hydrogens is 404 g/mol. The fraction of sp³-hybridized carbons (Fsp3) is 0.450. The molecule has 9 nitrogen and oxygen atoms in total. The van der Waals surface area contributed by atoms with Crippen molar-refractivity contribution >= 4 is 21.6 Å². The molecule has 0 radical (unpaired) electrons. The summed E-state index contributed by atoms with van der Waals surface area (Å²) < 4.78 is 26.8. The van der Waals surface area contributed by atoms with Crippen LogP contribution in [0.2, 0.25) is 0 Å². The molecule has 10 heteroatoms. The monoisotopic (exact) mass is 426 g/mol. The van der Waals surface area contributed by atoms with E-state index in [1.165, 1.54) is 17.3 Å². The Kier molecular flexibility index (Phi) is 4.43. The molecule has 156 valence electrons. The summed E-state index contributed by atoms with van der Waals surface area (Å²) in [5, 5.41) is 16.2. The van der Waals surface area contributed by atoms with Gasteiger partial charge in [0, 0.05) is 5.69 Å². The highest BCUT2D eigenvalue weighted by atomic mass is 32.2. The molecule has 30 heavy (non-hydrogen) atoms. The van der Waals surface area contributed by atoms with Crippen molar-refractivity contribution in [2.75, 3.05) is 5.32 Å². The average Bonchev–Trinajstić information content (AvgIpc) is 3.44. The Balaban J connectivity index is 1.53. The molecule has 2 N–H and O–H groups in total. The van der Waals surface area contributed by atoms with Gasteiger partial charge in [0.25, 0.3) is 0 Å². The van der Waals surface area contributed by atoms with Crippen molar-refractivity contribution in [1.82, 2.24) is 14.5 Å². The molecule has 2 amide bonds. The number of hydrogen-bond donors (Lipinski definition) is 2. The lowest BCUT2D eigenvalue weighted by atomic mass is 9.99. The van der Waals surface area contributed by atoms with Gasteiger partial charge < -0.3 is 10.1 Å². The third-order valence-electron chi connectivity index (χ3n) is 5.90. The second-order valence-electron chi connectivity index (χ2n) is 7.92. The van der Waals surface area contributed by atoms with E-state index in [1.54, 1.807) is 10.9 Å². The van der Waals surface area contributed by atoms with Crippen LogP contribution < -0.4 is 14.8 Å². The van der Waals surface area contributed by atoms with Crippen molar-refractivity contribution in [3.05, 3.63) is 34.5 Å². The highest BCUT2D eigenvalue weighted by Crippen LogP contribution is 2.39. The summed E-state index contributed by atoms with van der Waals surface area (Å²) in [4.78, 5) is 13.0. The Morgan fingerprint density at radius 3 is 2.67 bits per heavy atom. The maximum Gasteiger partial charge on any atom is 0.355 e. The van der Waals surface area contributed by atoms with E-state index in [2.05, 4.69) is 25.6 Å². The summed E-state index contributed by atoms with van der Waals surface area (Å²) in [6.45, 7) is 2.37. The van der Waals surface area contributed by atoms with Gasteiger partial charge in [0.1, 0.15) is 6.10 Å². The van der Waals surface area contributed by atoms with Crippen LogP contribution in [0.3, 0.4) is 0 Å². The molecule has 0 bridgehead atoms. The Labute approximate surface area is 174 Å². The highest BCUT2D eigenvalue weighted by Gasteiger charge is 2.31. The van der Waals surface area contributed by atoms with E-state index in [0.29, 0.717) is 6.54 Å². The van der Waals surface area contributed by atoms with Gasteiger partial charge in [0.05, 0.1) is 12.7 Å². The number of benzene rings is 1. The third kappa shape index (κ3) is 3.01. The fourth-order valence-corrected chi connectivity index (χ4v) is 5.91. The van der Waals surface area contributed by atoms with Gasteiger partial charge >= 0.3 is 6.03 Å². The number of nitriles is 1. The number of amides is 2. The summed E-state index contributed by atoms with van der Waals surface area (Å²) >= 11 is 0. The van der Waals surface area contributed by atoms with Crippen molar-refractivity contribution in [3.8, 4) is 12.1 Å². The minimum atomic E-state index is -3.58. The van der Waals surface area contributed by atoms with Gasteiger partial charge in [-0.3, -0.25) is 0 Å². The average molecular weight is 427 g/mol. The van der Waals surface area contributed by atoms with E-state index in [0.717, 1.165) is 55.3 Å². The summed E-state index contributed by atoms with van der Waals surface area (Å²) in [5.74, 6) is 0.272. The number of anilines is 1. The van der Waals surface area contributed by atoms with Gasteiger partial charge in [0.2, 0.25) is 5.88 Å². The van der Waals surface area contributed by atoms with Crippen molar-refractivity contribution in [2.45, 2.75) is 63.0 Å². The van der Waals surface area contributed by atoms with E-state index in [-0.39, 0.29) is 16.9 Å². The largest absolute Gasteiger partial charge is 0.472 e. The SMILES string of the molecule is C[C@@H]1Cn2ncc(S(=O)(=NC(=O)Nc3c4c(cc5c3CCC5)CCC4)NC#N)c2O1. The van der Waals surface area contributed by atoms with Crippen LogP contribution in [0.5, 0.6) is 5.88 Å². The quantitative estimate of drug-likeness (QED) is 0.577. The number of rotatable bonds is 3. The van der Waals surface area contributed by atoms with Gasteiger partial charge in [-0.1, -0.05) is 6.07 Å². The van der Waals surface area contributed by atoms with Gasteiger partial charge in [-0.05, 0) is 67.7 Å². The first kappa shape index (κ1) is 18.9. The molecule has 1 aliphatic heterocycles. The predicted molar refractivity (Wildman–Crippen MR) is 109 cm³/mol. The van der Waals surface area contributed by atoms with E-state index < -0.39 is 15.9 Å². The zero-order valence-corrected chi connectivity index (χ0v) is 17.4. The Bertz CT molecular complexity index is 1190. The summed E-state index contributed by atoms with van der Waals surface area (Å²) in [5.41, 5.74) is 5.68. The molecule has 2 aromatic rings. The maximum absolute atomic E-state index is 13.5. The van der Waals surface area contributed by atoms with Crippen LogP contribution in [0.1, 0.15) is 42.0 Å². The van der Waals surface area contributed by atoms with Crippen LogP contribution >= 0.6 is 0 Å². The summed E-state index contributed by atoms with van der Waals surface area (Å²) in [6, 6.07) is 1.52. The number of aromatic nitrogens is 2. The number of hydrogen-bond acceptors (Lipinski definition) is 5. The van der Waals surface area contributed by atoms with Crippen molar-refractivity contribution in [1.29, 1.82) is 5.26 Å². The normalized spacial score (nSPS) is 20.3. The van der Waals surface area contributed by atoms with Gasteiger partial charge in [0.15, 0.2) is 21.0 Å². The minimum absolute atomic E-state index is 0.104. The summed E-state index contributed by atoms with van der Waals surface area (Å²) in [6.07, 6.45) is 8.81. The molecule has 1 aromatic heterocycles. The first-order valence-electron chi connectivity index (χ1n) is 10.1. The Morgan fingerprint density at radius 2 is 2.00 bits per heavy atom. The molecule has 0 saturated heterocycles. The molecule has 5 rings (SSSR count). The zero-order chi connectivity index (χ0) is 20.9. The molecule has 0 spiro atoms. The van der Waals surface area contributed by atoms with Crippen LogP contribution in [-0.4, -0.2) is 26.1 Å². The lowest BCUT2D eigenvalue weighted by Crippen LogP contribution is -2.22. The van der Waals surface area contributed by atoms with E-state index >= 15 is 0 Å². The van der Waals surface area contributed by atoms with E-state index in [9.17, 15) is 9.00 Å². The number of nitrogens with one attached hydrogen (secondary N) is 2. The molecule has 1 aromatic carbocycles. The lowest BCUT2D eigenvalue weighted by Gasteiger charge is -2.15. The van der Waals surface area contributed by atoms with Crippen molar-refractivity contribution in [2.24, 2.45) is 4.36 Å². The number of aryl methyl sites for hydroxylation is 2. The van der Waals surface area contributed by atoms with Crippen LogP contribution in [-0.2, 0) is 42.1 Å². The second-order valence-corrected chi connectivity index (χ2v) is 9.80. The third-order valence-corrected chi connectivity index (χ3v) is 7.57. The lowest BCUT2D eigenvalue weighted by molar-refractivity contribution is 0.248. The van der Waals surface area contributed by atoms with Crippen molar-refractivity contribution in [3.63, 3.8) is 0 Å². The number of fused-ring (bicyclic) bond motifs is 3. The number of ether oxygens (including phenoxy) is 1. The molecule has 2 heterocycles. The predicted octanol–water partition coefficient (Wildman–Crippen LogP) is 2.69. The van der Waals surface area contributed by atoms with Crippen molar-refractivity contribution < 1.29 is 13.7 Å². The number of carbonyl (C=O) groups excluding carboxylic acids is 1. The topological polar surface area (TPSA) is 121 Å². The molecule has 0 saturated carbocycles. The molecule has 0 fully saturated rings. The number of urea groups is 1. The maximum atomic E-state index is 13.5. The zero-order valence-electron chi connectivity index (χ0n) is 16.6. The Morgan fingerprint density at radius 1 is 1.30 bits per heavy atom. The fourth-order valence-electron chi connectivity index (χ4n) is 4.67. The smallest absolute Gasteiger partial charge is 0.355 e. The highest BCUT2D eigenvalue weighted by molar-refractivity contribution is 7.92. The standard InChI is InChI=1S/C20H22N6O3S/c1-12-10-26-19(29-12)17(9-22-26)30(28,23-11-21)25-20(27)24-18-15-6-2-4-13(15)8-14-5-3-7-16(14)18/h8-9,12H,2-7,10H2,1H3,(H2,23,24,25,27,28)/t12-,30?/m1/s1. The molecule has 2 atom stereocenters. The number of nitrogens with zero attached hydrogens (tertiary/aromatic N) is 4. The molecular formula is C20H22N6O3S. The minimum Gasteiger partial charge on any atom is -0.472 e. The van der Waals surface area contributed by atoms with E-state index in [1.807, 2.05) is 6.92 Å². The van der Waals surface area contributed by atoms with Crippen LogP contribution in [0, 0.1) is 11.5 Å². The van der Waals surface area contributed by atoms with Crippen LogP contribution in [0.25, 0.3) is 0 Å². The van der Waals surface area contributed by atoms with Crippen LogP contribution in [0.4, 0.5) is 10.5 Å². The summed E-state index contributed by atoms with van der Waals surface area (Å²) in [7, 11) is -3.58. The van der Waals surface area contributed by atoms with Gasteiger partial charge in [-0.25, -0.2) is 18.4 Å². The Hall–Kier alpha value is -3.06. The molecule has 1 unspecified atom stereocenters. The molecule has 3 aliphatic rings. The first-order chi connectivity index (χ1) is 14.5. The van der Waals surface area contributed by atoms with Gasteiger partial charge in [-0.2, -0.15) is 10.4 Å². The molecule has 2 aliphatic carbocycles. The number of carbonyl (C=O) groups is 1. The van der Waals surface area contributed by atoms with Gasteiger partial charge in [-0.15, -0.1) is 4.36 Å². The van der Waals surface area contributed by atoms with E-state index in [4.69, 9.17) is 10.00 Å². The first-order valence-corrected chi connectivity index (χ1v) is 11.6. The van der Waals surface area contributed by atoms with Crippen LogP contribution in [0.15, 0.2) is 21.5 Å².